The molecule has 0 spiro atoms. The van der Waals surface area contributed by atoms with Crippen LogP contribution in [-0.4, -0.2) is 13.2 Å². The van der Waals surface area contributed by atoms with Crippen LogP contribution in [0.5, 0.6) is 5.75 Å². The minimum atomic E-state index is 0.587. The monoisotopic (exact) mass is 256 g/mol. The molecule has 19 heavy (non-hydrogen) atoms. The Hall–Kier alpha value is -2.16. The Bertz CT molecular complexity index is 508. The zero-order chi connectivity index (χ0) is 13.5. The number of nitrogens with two attached hydrogens (primary N) is 1. The van der Waals surface area contributed by atoms with E-state index >= 15 is 0 Å². The van der Waals surface area contributed by atoms with E-state index in [4.69, 9.17) is 10.5 Å². The number of ether oxygens (including phenoxy) is 1. The third-order valence-electron chi connectivity index (χ3n) is 2.97. The maximum absolute atomic E-state index is 5.80. The zero-order valence-corrected chi connectivity index (χ0v) is 11.2. The second-order valence-electron chi connectivity index (χ2n) is 4.36. The summed E-state index contributed by atoms with van der Waals surface area (Å²) in [5.41, 5.74) is 8.94. The summed E-state index contributed by atoms with van der Waals surface area (Å²) in [6.45, 7) is 3.49. The van der Waals surface area contributed by atoms with E-state index in [9.17, 15) is 0 Å². The largest absolute Gasteiger partial charge is 0.490 e. The molecule has 3 nitrogen and oxygen atoms in total. The molecule has 0 bridgehead atoms. The molecule has 2 rings (SSSR count). The van der Waals surface area contributed by atoms with Crippen molar-refractivity contribution in [3.8, 4) is 5.75 Å². The molecule has 0 heterocycles. The second-order valence-corrected chi connectivity index (χ2v) is 4.36. The molecule has 0 aromatic heterocycles. The maximum Gasteiger partial charge on any atom is 0.142 e. The van der Waals surface area contributed by atoms with Crippen molar-refractivity contribution >= 4 is 11.4 Å². The van der Waals surface area contributed by atoms with Crippen LogP contribution in [0.15, 0.2) is 48.5 Å². The highest BCUT2D eigenvalue weighted by molar-refractivity contribution is 5.51. The number of nitrogens with one attached hydrogen (secondary N) is 1. The lowest BCUT2D eigenvalue weighted by molar-refractivity contribution is 0.334. The Labute approximate surface area is 114 Å². The second kappa shape index (κ2) is 6.69. The zero-order valence-electron chi connectivity index (χ0n) is 11.2. The Balaban J connectivity index is 1.76. The van der Waals surface area contributed by atoms with Gasteiger partial charge in [0.25, 0.3) is 0 Å². The van der Waals surface area contributed by atoms with Crippen molar-refractivity contribution in [3.63, 3.8) is 0 Å². The first-order valence-corrected chi connectivity index (χ1v) is 6.59. The van der Waals surface area contributed by atoms with Crippen molar-refractivity contribution in [2.24, 2.45) is 0 Å². The molecule has 0 aliphatic rings. The van der Waals surface area contributed by atoms with Crippen LogP contribution in [0.2, 0.25) is 0 Å². The van der Waals surface area contributed by atoms with E-state index < -0.39 is 0 Å². The van der Waals surface area contributed by atoms with E-state index in [0.717, 1.165) is 24.4 Å². The van der Waals surface area contributed by atoms with E-state index in [-0.39, 0.29) is 0 Å². The molecule has 0 fully saturated rings. The highest BCUT2D eigenvalue weighted by Crippen LogP contribution is 2.19. The number of aryl methyl sites for hydroxylation is 1. The number of benzene rings is 2. The standard InChI is InChI=1S/C16H20N2O/c1-2-13-7-9-14(10-8-13)18-11-12-19-16-6-4-3-5-15(16)17/h3-10,18H,2,11-12,17H2,1H3. The number of hydrogen-bond donors (Lipinski definition) is 2. The lowest BCUT2D eigenvalue weighted by Gasteiger charge is -2.10. The molecule has 3 heteroatoms. The number of nitrogen functional groups attached to an aromatic ring is 1. The normalized spacial score (nSPS) is 10.2. The highest BCUT2D eigenvalue weighted by Gasteiger charge is 1.98. The summed E-state index contributed by atoms with van der Waals surface area (Å²) < 4.78 is 5.62. The average molecular weight is 256 g/mol. The van der Waals surface area contributed by atoms with E-state index in [1.807, 2.05) is 24.3 Å². The highest BCUT2D eigenvalue weighted by atomic mass is 16.5. The van der Waals surface area contributed by atoms with Crippen LogP contribution in [0, 0.1) is 0 Å². The van der Waals surface area contributed by atoms with Gasteiger partial charge in [0.2, 0.25) is 0 Å². The molecule has 2 aromatic carbocycles. The molecule has 3 N–H and O–H groups in total. The molecule has 100 valence electrons. The number of para-hydroxylation sites is 2. The lowest BCUT2D eigenvalue weighted by atomic mass is 10.1. The van der Waals surface area contributed by atoms with Crippen LogP contribution >= 0.6 is 0 Å². The van der Waals surface area contributed by atoms with E-state index in [2.05, 4.69) is 36.5 Å². The van der Waals surface area contributed by atoms with Gasteiger partial charge in [0, 0.05) is 12.2 Å². The molecule has 2 aromatic rings. The fraction of sp³-hybridized carbons (Fsp3) is 0.250. The molecule has 0 aliphatic heterocycles. The molecular formula is C16H20N2O. The SMILES string of the molecule is CCc1ccc(NCCOc2ccccc2N)cc1. The van der Waals surface area contributed by atoms with Crippen LogP contribution in [0.1, 0.15) is 12.5 Å². The van der Waals surface area contributed by atoms with Crippen LogP contribution in [0.4, 0.5) is 11.4 Å². The fourth-order valence-electron chi connectivity index (χ4n) is 1.83. The number of anilines is 2. The number of hydrogen-bond acceptors (Lipinski definition) is 3. The molecule has 0 unspecified atom stereocenters. The first-order chi connectivity index (χ1) is 9.29. The minimum absolute atomic E-state index is 0.587. The van der Waals surface area contributed by atoms with Gasteiger partial charge in [-0.3, -0.25) is 0 Å². The first kappa shape index (κ1) is 13.3. The smallest absolute Gasteiger partial charge is 0.142 e. The fourth-order valence-corrected chi connectivity index (χ4v) is 1.83. The van der Waals surface area contributed by atoms with Gasteiger partial charge >= 0.3 is 0 Å². The third kappa shape index (κ3) is 3.91. The van der Waals surface area contributed by atoms with Crippen LogP contribution in [-0.2, 0) is 6.42 Å². The summed E-state index contributed by atoms with van der Waals surface area (Å²) in [5.74, 6) is 0.741. The van der Waals surface area contributed by atoms with Crippen molar-refractivity contribution in [2.75, 3.05) is 24.2 Å². The van der Waals surface area contributed by atoms with Crippen molar-refractivity contribution in [2.45, 2.75) is 13.3 Å². The van der Waals surface area contributed by atoms with Gasteiger partial charge in [0.15, 0.2) is 0 Å². The minimum Gasteiger partial charge on any atom is -0.490 e. The molecule has 0 aliphatic carbocycles. The predicted molar refractivity (Wildman–Crippen MR) is 80.7 cm³/mol. The quantitative estimate of drug-likeness (QED) is 0.615. The lowest BCUT2D eigenvalue weighted by Crippen LogP contribution is -2.12. The Kier molecular flexibility index (Phi) is 4.67. The first-order valence-electron chi connectivity index (χ1n) is 6.59. The van der Waals surface area contributed by atoms with Gasteiger partial charge in [-0.25, -0.2) is 0 Å². The van der Waals surface area contributed by atoms with Gasteiger partial charge < -0.3 is 15.8 Å². The molecule has 0 saturated heterocycles. The predicted octanol–water partition coefficient (Wildman–Crippen LogP) is 3.32. The van der Waals surface area contributed by atoms with Crippen LogP contribution in [0.3, 0.4) is 0 Å². The van der Waals surface area contributed by atoms with Crippen LogP contribution < -0.4 is 15.8 Å². The summed E-state index contributed by atoms with van der Waals surface area (Å²) in [7, 11) is 0. The molecule has 0 amide bonds. The van der Waals surface area contributed by atoms with Crippen molar-refractivity contribution in [1.82, 2.24) is 0 Å². The van der Waals surface area contributed by atoms with Gasteiger partial charge in [0.05, 0.1) is 5.69 Å². The molecule has 0 radical (unpaired) electrons. The van der Waals surface area contributed by atoms with Gasteiger partial charge in [-0.1, -0.05) is 31.2 Å². The summed E-state index contributed by atoms with van der Waals surface area (Å²) in [4.78, 5) is 0. The maximum atomic E-state index is 5.80. The van der Waals surface area contributed by atoms with E-state index in [1.165, 1.54) is 5.56 Å². The molecular weight excluding hydrogens is 236 g/mol. The number of rotatable bonds is 6. The Morgan fingerprint density at radius 3 is 2.47 bits per heavy atom. The summed E-state index contributed by atoms with van der Waals surface area (Å²) >= 11 is 0. The van der Waals surface area contributed by atoms with Crippen molar-refractivity contribution in [1.29, 1.82) is 0 Å². The van der Waals surface area contributed by atoms with Gasteiger partial charge in [-0.05, 0) is 36.2 Å². The van der Waals surface area contributed by atoms with Crippen LogP contribution in [0.25, 0.3) is 0 Å². The van der Waals surface area contributed by atoms with Gasteiger partial charge in [0.1, 0.15) is 12.4 Å². The van der Waals surface area contributed by atoms with Crippen molar-refractivity contribution < 1.29 is 4.74 Å². The van der Waals surface area contributed by atoms with E-state index in [0.29, 0.717) is 12.3 Å². The molecule has 0 saturated carbocycles. The average Bonchev–Trinajstić information content (AvgIpc) is 2.46. The topological polar surface area (TPSA) is 47.3 Å². The Morgan fingerprint density at radius 2 is 1.79 bits per heavy atom. The third-order valence-corrected chi connectivity index (χ3v) is 2.97. The Morgan fingerprint density at radius 1 is 1.05 bits per heavy atom. The summed E-state index contributed by atoms with van der Waals surface area (Å²) in [6, 6.07) is 16.0. The van der Waals surface area contributed by atoms with Gasteiger partial charge in [-0.15, -0.1) is 0 Å². The summed E-state index contributed by atoms with van der Waals surface area (Å²) in [5, 5.41) is 3.32. The van der Waals surface area contributed by atoms with E-state index in [1.54, 1.807) is 0 Å². The van der Waals surface area contributed by atoms with Gasteiger partial charge in [-0.2, -0.15) is 0 Å². The van der Waals surface area contributed by atoms with Crippen molar-refractivity contribution in [3.05, 3.63) is 54.1 Å². The summed E-state index contributed by atoms with van der Waals surface area (Å²) in [6.07, 6.45) is 1.07. The molecule has 0 atom stereocenters.